The maximum absolute atomic E-state index is 13.4. The first-order valence-electron chi connectivity index (χ1n) is 13.2. The molecule has 0 spiro atoms. The Bertz CT molecular complexity index is 1220. The molecule has 1 aliphatic carbocycles. The van der Waals surface area contributed by atoms with Crippen LogP contribution in [-0.4, -0.2) is 88.5 Å². The van der Waals surface area contributed by atoms with Gasteiger partial charge in [-0.3, -0.25) is 9.59 Å². The molecule has 1 aliphatic heterocycles. The first-order valence-corrected chi connectivity index (χ1v) is 13.2. The van der Waals surface area contributed by atoms with Crippen LogP contribution in [0.5, 0.6) is 0 Å². The second kappa shape index (κ2) is 13.1. The van der Waals surface area contributed by atoms with Crippen molar-refractivity contribution in [2.45, 2.75) is 37.3 Å². The van der Waals surface area contributed by atoms with Gasteiger partial charge in [0.1, 0.15) is 11.9 Å². The molecule has 1 aromatic heterocycles. The summed E-state index contributed by atoms with van der Waals surface area (Å²) in [4.78, 5) is 30.6. The van der Waals surface area contributed by atoms with Crippen LogP contribution in [-0.2, 0) is 4.79 Å². The summed E-state index contributed by atoms with van der Waals surface area (Å²) < 4.78 is 14.8. The average molecular weight is 556 g/mol. The van der Waals surface area contributed by atoms with Gasteiger partial charge in [-0.25, -0.2) is 9.07 Å². The van der Waals surface area contributed by atoms with Crippen molar-refractivity contribution in [2.75, 3.05) is 39.8 Å². The van der Waals surface area contributed by atoms with Crippen LogP contribution in [0, 0.1) is 5.82 Å². The molecular weight excluding hydrogens is 521 g/mol. The third-order valence-electron chi connectivity index (χ3n) is 7.40. The molecule has 1 saturated carbocycles. The molecule has 2 N–H and O–H groups in total. The number of carbonyl (C=O) groups excluding carboxylic acids is 2. The lowest BCUT2D eigenvalue weighted by Crippen LogP contribution is -2.54. The van der Waals surface area contributed by atoms with Crippen LogP contribution < -0.4 is 10.6 Å². The van der Waals surface area contributed by atoms with Crippen LogP contribution in [0.4, 0.5) is 4.39 Å². The van der Waals surface area contributed by atoms with Crippen LogP contribution >= 0.6 is 12.4 Å². The van der Waals surface area contributed by atoms with Gasteiger partial charge in [0.15, 0.2) is 0 Å². The minimum absolute atomic E-state index is 0. The van der Waals surface area contributed by atoms with Gasteiger partial charge >= 0.3 is 0 Å². The number of amides is 2. The van der Waals surface area contributed by atoms with Gasteiger partial charge in [-0.05, 0) is 74.8 Å². The smallest absolute Gasteiger partial charge is 0.251 e. The van der Waals surface area contributed by atoms with E-state index in [-0.39, 0.29) is 30.0 Å². The Morgan fingerprint density at radius 3 is 2.44 bits per heavy atom. The van der Waals surface area contributed by atoms with E-state index in [4.69, 9.17) is 0 Å². The van der Waals surface area contributed by atoms with E-state index in [0.29, 0.717) is 37.0 Å². The molecular formula is C28H35ClFN7O2. The molecule has 0 radical (unpaired) electrons. The lowest BCUT2D eigenvalue weighted by molar-refractivity contribution is -0.135. The summed E-state index contributed by atoms with van der Waals surface area (Å²) in [7, 11) is 2.05. The average Bonchev–Trinajstić information content (AvgIpc) is 3.49. The Morgan fingerprint density at radius 1 is 1.05 bits per heavy atom. The second-order valence-electron chi connectivity index (χ2n) is 10.1. The maximum Gasteiger partial charge on any atom is 0.251 e. The minimum Gasteiger partial charge on any atom is -0.340 e. The van der Waals surface area contributed by atoms with E-state index in [2.05, 4.69) is 25.8 Å². The number of piperazine rings is 1. The number of nitrogens with one attached hydrogen (secondary N) is 2. The number of nitrogens with zero attached hydrogens (tertiary/aromatic N) is 5. The number of carbonyl (C=O) groups is 2. The van der Waals surface area contributed by atoms with Crippen LogP contribution in [0.3, 0.4) is 0 Å². The third kappa shape index (κ3) is 7.40. The van der Waals surface area contributed by atoms with Crippen molar-refractivity contribution < 1.29 is 14.0 Å². The zero-order valence-electron chi connectivity index (χ0n) is 22.0. The molecule has 1 saturated heterocycles. The number of hydrogen-bond acceptors (Lipinski definition) is 6. The molecule has 2 aromatic carbocycles. The van der Waals surface area contributed by atoms with Crippen LogP contribution in [0.1, 0.15) is 41.1 Å². The van der Waals surface area contributed by atoms with Crippen LogP contribution in [0.25, 0.3) is 5.69 Å². The number of rotatable bonds is 10. The van der Waals surface area contributed by atoms with Gasteiger partial charge < -0.3 is 20.4 Å². The summed E-state index contributed by atoms with van der Waals surface area (Å²) in [5.41, 5.74) is 2.44. The highest BCUT2D eigenvalue weighted by atomic mass is 35.5. The van der Waals surface area contributed by atoms with Crippen LogP contribution in [0.15, 0.2) is 60.9 Å². The fourth-order valence-electron chi connectivity index (χ4n) is 4.95. The van der Waals surface area contributed by atoms with Crippen molar-refractivity contribution in [3.63, 3.8) is 0 Å². The van der Waals surface area contributed by atoms with Gasteiger partial charge in [-0.2, -0.15) is 0 Å². The second-order valence-corrected chi connectivity index (χ2v) is 10.1. The number of likely N-dealkylation sites (N-methyl/N-ethyl adjacent to an activating group) is 1. The summed E-state index contributed by atoms with van der Waals surface area (Å²) in [5, 5.41) is 14.3. The van der Waals surface area contributed by atoms with Gasteiger partial charge in [0, 0.05) is 43.7 Å². The largest absolute Gasteiger partial charge is 0.340 e. The monoisotopic (exact) mass is 555 g/mol. The Hall–Kier alpha value is -3.34. The topological polar surface area (TPSA) is 95.4 Å². The molecule has 3 aromatic rings. The zero-order valence-corrected chi connectivity index (χ0v) is 22.8. The van der Waals surface area contributed by atoms with Gasteiger partial charge in [-0.1, -0.05) is 17.3 Å². The molecule has 208 valence electrons. The first-order chi connectivity index (χ1) is 18.5. The highest BCUT2D eigenvalue weighted by Crippen LogP contribution is 2.40. The molecule has 5 rings (SSSR count). The van der Waals surface area contributed by atoms with E-state index in [1.54, 1.807) is 41.3 Å². The highest BCUT2D eigenvalue weighted by Gasteiger charge is 2.37. The van der Waals surface area contributed by atoms with Gasteiger partial charge in [0.25, 0.3) is 5.91 Å². The maximum atomic E-state index is 13.4. The SMILES string of the molecule is CN1CCN(C(=O)C(CCCNC2CC2c2ccc(F)cc2)NC(=O)c2ccc(-n3ccnn3)cc2)CC1.Cl. The number of halogens is 2. The molecule has 2 heterocycles. The normalized spacial score (nSPS) is 19.7. The van der Waals surface area contributed by atoms with Crippen molar-refractivity contribution in [3.05, 3.63) is 77.9 Å². The predicted molar refractivity (Wildman–Crippen MR) is 149 cm³/mol. The summed E-state index contributed by atoms with van der Waals surface area (Å²) >= 11 is 0. The molecule has 39 heavy (non-hydrogen) atoms. The van der Waals surface area contributed by atoms with Crippen LogP contribution in [0.2, 0.25) is 0 Å². The summed E-state index contributed by atoms with van der Waals surface area (Å²) in [6.07, 6.45) is 5.65. The van der Waals surface area contributed by atoms with Crippen molar-refractivity contribution >= 4 is 24.2 Å². The van der Waals surface area contributed by atoms with E-state index >= 15 is 0 Å². The fraction of sp³-hybridized carbons (Fsp3) is 0.429. The lowest BCUT2D eigenvalue weighted by atomic mass is 10.1. The van der Waals surface area contributed by atoms with E-state index in [1.165, 1.54) is 12.1 Å². The molecule has 11 heteroatoms. The van der Waals surface area contributed by atoms with Gasteiger partial charge in [-0.15, -0.1) is 17.5 Å². The number of aromatic nitrogens is 3. The Labute approximate surface area is 234 Å². The standard InChI is InChI=1S/C28H34FN7O2.ClH/c1-34-15-17-35(18-16-34)28(38)25(3-2-12-30-26-19-24(26)20-4-8-22(29)9-5-20)32-27(37)21-6-10-23(11-7-21)36-14-13-31-33-36;/h4-11,13-14,24-26,30H,2-3,12,15-19H2,1H3,(H,32,37);1H. The molecule has 2 amide bonds. The summed E-state index contributed by atoms with van der Waals surface area (Å²) in [5.74, 6) is -0.114. The number of hydrogen-bond donors (Lipinski definition) is 2. The Kier molecular flexibility index (Phi) is 9.66. The Balaban J connectivity index is 0.00000353. The third-order valence-corrected chi connectivity index (χ3v) is 7.40. The summed E-state index contributed by atoms with van der Waals surface area (Å²) in [6, 6.07) is 13.5. The van der Waals surface area contributed by atoms with Crippen molar-refractivity contribution in [3.8, 4) is 5.69 Å². The van der Waals surface area contributed by atoms with Crippen molar-refractivity contribution in [1.29, 1.82) is 0 Å². The van der Waals surface area contributed by atoms with E-state index in [9.17, 15) is 14.0 Å². The van der Waals surface area contributed by atoms with E-state index < -0.39 is 6.04 Å². The van der Waals surface area contributed by atoms with E-state index in [1.807, 2.05) is 24.1 Å². The minimum atomic E-state index is -0.588. The molecule has 2 fully saturated rings. The fourth-order valence-corrected chi connectivity index (χ4v) is 4.95. The molecule has 2 aliphatic rings. The molecule has 3 atom stereocenters. The van der Waals surface area contributed by atoms with Crippen molar-refractivity contribution in [1.82, 2.24) is 35.4 Å². The molecule has 0 bridgehead atoms. The summed E-state index contributed by atoms with van der Waals surface area (Å²) in [6.45, 7) is 3.72. The van der Waals surface area contributed by atoms with Gasteiger partial charge in [0.2, 0.25) is 5.91 Å². The first kappa shape index (κ1) is 28.7. The van der Waals surface area contributed by atoms with Gasteiger partial charge in [0.05, 0.1) is 18.1 Å². The number of benzene rings is 2. The Morgan fingerprint density at radius 2 is 1.77 bits per heavy atom. The zero-order chi connectivity index (χ0) is 26.5. The molecule has 9 nitrogen and oxygen atoms in total. The van der Waals surface area contributed by atoms with Crippen molar-refractivity contribution in [2.24, 2.45) is 0 Å². The van der Waals surface area contributed by atoms with E-state index in [0.717, 1.165) is 43.7 Å². The predicted octanol–water partition coefficient (Wildman–Crippen LogP) is 2.63. The highest BCUT2D eigenvalue weighted by molar-refractivity contribution is 5.97. The molecule has 3 unspecified atom stereocenters. The quantitative estimate of drug-likeness (QED) is 0.374. The lowest BCUT2D eigenvalue weighted by Gasteiger charge is -2.34.